The smallest absolute Gasteiger partial charge is 0.272 e. The molecule has 0 fully saturated rings. The summed E-state index contributed by atoms with van der Waals surface area (Å²) in [4.78, 5) is 10.5. The van der Waals surface area contributed by atoms with Crippen molar-refractivity contribution < 1.29 is 4.92 Å². The van der Waals surface area contributed by atoms with Crippen LogP contribution in [0.3, 0.4) is 0 Å². The van der Waals surface area contributed by atoms with Crippen LogP contribution in [0.2, 0.25) is 0 Å². The van der Waals surface area contributed by atoms with Crippen molar-refractivity contribution in [3.63, 3.8) is 0 Å². The largest absolute Gasteiger partial charge is 0.310 e. The van der Waals surface area contributed by atoms with Gasteiger partial charge in [0.15, 0.2) is 0 Å². The number of nitro groups is 1. The Kier molecular flexibility index (Phi) is 4.84. The number of nitro benzene ring substituents is 1. The SMILES string of the molecule is C=CCCNC(C)c1ccc(C)c([N+](=O)[O-])c1. The van der Waals surface area contributed by atoms with Crippen LogP contribution in [0, 0.1) is 17.0 Å². The van der Waals surface area contributed by atoms with Crippen molar-refractivity contribution in [2.24, 2.45) is 0 Å². The third-order valence-corrected chi connectivity index (χ3v) is 2.73. The predicted octanol–water partition coefficient (Wildman–Crippen LogP) is 3.13. The van der Waals surface area contributed by atoms with E-state index in [1.165, 1.54) is 0 Å². The highest BCUT2D eigenvalue weighted by Crippen LogP contribution is 2.23. The topological polar surface area (TPSA) is 55.2 Å². The maximum Gasteiger partial charge on any atom is 0.272 e. The van der Waals surface area contributed by atoms with Crippen LogP contribution in [0.15, 0.2) is 30.9 Å². The fraction of sp³-hybridized carbons (Fsp3) is 0.385. The van der Waals surface area contributed by atoms with Crippen LogP contribution >= 0.6 is 0 Å². The molecule has 0 saturated carbocycles. The van der Waals surface area contributed by atoms with Gasteiger partial charge in [-0.3, -0.25) is 10.1 Å². The molecule has 1 unspecified atom stereocenters. The predicted molar refractivity (Wildman–Crippen MR) is 69.1 cm³/mol. The summed E-state index contributed by atoms with van der Waals surface area (Å²) in [5.41, 5.74) is 1.81. The Morgan fingerprint density at radius 2 is 2.29 bits per heavy atom. The fourth-order valence-corrected chi connectivity index (χ4v) is 1.61. The number of nitrogens with one attached hydrogen (secondary N) is 1. The van der Waals surface area contributed by atoms with E-state index >= 15 is 0 Å². The summed E-state index contributed by atoms with van der Waals surface area (Å²) < 4.78 is 0. The maximum absolute atomic E-state index is 10.8. The molecule has 0 radical (unpaired) electrons. The third-order valence-electron chi connectivity index (χ3n) is 2.73. The summed E-state index contributed by atoms with van der Waals surface area (Å²) >= 11 is 0. The molecule has 0 aromatic heterocycles. The van der Waals surface area contributed by atoms with Crippen LogP contribution in [0.1, 0.15) is 30.5 Å². The first-order valence-corrected chi connectivity index (χ1v) is 5.65. The van der Waals surface area contributed by atoms with E-state index in [0.29, 0.717) is 5.56 Å². The molecule has 0 amide bonds. The Hall–Kier alpha value is -1.68. The van der Waals surface area contributed by atoms with Gasteiger partial charge in [0.25, 0.3) is 5.69 Å². The highest BCUT2D eigenvalue weighted by Gasteiger charge is 2.13. The molecule has 1 rings (SSSR count). The van der Waals surface area contributed by atoms with Gasteiger partial charge in [0.05, 0.1) is 4.92 Å². The second kappa shape index (κ2) is 6.15. The summed E-state index contributed by atoms with van der Waals surface area (Å²) in [5.74, 6) is 0. The van der Waals surface area contributed by atoms with Crippen LogP contribution in [-0.4, -0.2) is 11.5 Å². The van der Waals surface area contributed by atoms with Crippen LogP contribution in [0.4, 0.5) is 5.69 Å². The normalized spacial score (nSPS) is 12.1. The Bertz CT molecular complexity index is 416. The van der Waals surface area contributed by atoms with Crippen molar-refractivity contribution in [2.75, 3.05) is 6.54 Å². The lowest BCUT2D eigenvalue weighted by atomic mass is 10.0. The van der Waals surface area contributed by atoms with Crippen molar-refractivity contribution in [3.8, 4) is 0 Å². The van der Waals surface area contributed by atoms with E-state index in [1.54, 1.807) is 19.1 Å². The summed E-state index contributed by atoms with van der Waals surface area (Å²) in [7, 11) is 0. The van der Waals surface area contributed by atoms with E-state index in [4.69, 9.17) is 0 Å². The van der Waals surface area contributed by atoms with Crippen molar-refractivity contribution in [2.45, 2.75) is 26.3 Å². The molecule has 1 atom stereocenters. The molecule has 0 spiro atoms. The van der Waals surface area contributed by atoms with E-state index in [9.17, 15) is 10.1 Å². The van der Waals surface area contributed by atoms with Gasteiger partial charge in [-0.2, -0.15) is 0 Å². The molecule has 0 aliphatic heterocycles. The molecule has 1 aromatic rings. The highest BCUT2D eigenvalue weighted by atomic mass is 16.6. The van der Waals surface area contributed by atoms with Crippen LogP contribution in [-0.2, 0) is 0 Å². The average Bonchev–Trinajstić information content (AvgIpc) is 2.29. The van der Waals surface area contributed by atoms with Gasteiger partial charge < -0.3 is 5.32 Å². The lowest BCUT2D eigenvalue weighted by molar-refractivity contribution is -0.385. The minimum atomic E-state index is -0.338. The van der Waals surface area contributed by atoms with Gasteiger partial charge in [0.2, 0.25) is 0 Å². The van der Waals surface area contributed by atoms with E-state index < -0.39 is 0 Å². The molecule has 0 bridgehead atoms. The number of rotatable bonds is 6. The molecule has 92 valence electrons. The molecular formula is C13H18N2O2. The first kappa shape index (κ1) is 13.4. The Morgan fingerprint density at radius 1 is 1.59 bits per heavy atom. The molecule has 0 aliphatic rings. The van der Waals surface area contributed by atoms with Crippen LogP contribution in [0.25, 0.3) is 0 Å². The quantitative estimate of drug-likeness (QED) is 0.356. The van der Waals surface area contributed by atoms with Crippen molar-refractivity contribution in [3.05, 3.63) is 52.1 Å². The van der Waals surface area contributed by atoms with Crippen molar-refractivity contribution in [1.82, 2.24) is 5.32 Å². The lowest BCUT2D eigenvalue weighted by Gasteiger charge is -2.13. The van der Waals surface area contributed by atoms with Gasteiger partial charge >= 0.3 is 0 Å². The van der Waals surface area contributed by atoms with E-state index in [0.717, 1.165) is 18.5 Å². The standard InChI is InChI=1S/C13H18N2O2/c1-4-5-8-14-11(3)12-7-6-10(2)13(9-12)15(16)17/h4,6-7,9,11,14H,1,5,8H2,2-3H3. The van der Waals surface area contributed by atoms with Crippen molar-refractivity contribution in [1.29, 1.82) is 0 Å². The minimum Gasteiger partial charge on any atom is -0.310 e. The number of aryl methyl sites for hydroxylation is 1. The van der Waals surface area contributed by atoms with Gasteiger partial charge in [-0.15, -0.1) is 6.58 Å². The fourth-order valence-electron chi connectivity index (χ4n) is 1.61. The summed E-state index contributed by atoms with van der Waals surface area (Å²) in [5, 5.41) is 14.1. The zero-order valence-electron chi connectivity index (χ0n) is 10.3. The van der Waals surface area contributed by atoms with Crippen molar-refractivity contribution >= 4 is 5.69 Å². The second-order valence-corrected chi connectivity index (χ2v) is 4.06. The molecule has 4 heteroatoms. The molecule has 1 N–H and O–H groups in total. The third kappa shape index (κ3) is 3.67. The first-order chi connectivity index (χ1) is 8.06. The molecule has 1 aromatic carbocycles. The van der Waals surface area contributed by atoms with E-state index in [-0.39, 0.29) is 16.7 Å². The Labute approximate surface area is 101 Å². The molecule has 4 nitrogen and oxygen atoms in total. The number of nitrogens with zero attached hydrogens (tertiary/aromatic N) is 1. The van der Waals surface area contributed by atoms with E-state index in [2.05, 4.69) is 11.9 Å². The van der Waals surface area contributed by atoms with Crippen LogP contribution in [0.5, 0.6) is 0 Å². The summed E-state index contributed by atoms with van der Waals surface area (Å²) in [6.45, 7) is 8.22. The van der Waals surface area contributed by atoms with Gasteiger partial charge in [0.1, 0.15) is 0 Å². The van der Waals surface area contributed by atoms with Gasteiger partial charge in [0, 0.05) is 17.7 Å². The Balaban J connectivity index is 2.80. The number of hydrogen-bond acceptors (Lipinski definition) is 3. The molecular weight excluding hydrogens is 216 g/mol. The average molecular weight is 234 g/mol. The highest BCUT2D eigenvalue weighted by molar-refractivity contribution is 5.43. The first-order valence-electron chi connectivity index (χ1n) is 5.65. The minimum absolute atomic E-state index is 0.106. The molecule has 0 aliphatic carbocycles. The number of benzene rings is 1. The summed E-state index contributed by atoms with van der Waals surface area (Å²) in [6.07, 6.45) is 2.73. The monoisotopic (exact) mass is 234 g/mol. The molecule has 17 heavy (non-hydrogen) atoms. The maximum atomic E-state index is 10.8. The van der Waals surface area contributed by atoms with Gasteiger partial charge in [-0.1, -0.05) is 18.2 Å². The zero-order valence-corrected chi connectivity index (χ0v) is 10.3. The Morgan fingerprint density at radius 3 is 2.88 bits per heavy atom. The summed E-state index contributed by atoms with van der Waals surface area (Å²) in [6, 6.07) is 5.46. The van der Waals surface area contributed by atoms with Gasteiger partial charge in [-0.25, -0.2) is 0 Å². The zero-order chi connectivity index (χ0) is 12.8. The molecule has 0 saturated heterocycles. The molecule has 0 heterocycles. The van der Waals surface area contributed by atoms with E-state index in [1.807, 2.05) is 19.1 Å². The van der Waals surface area contributed by atoms with Gasteiger partial charge in [-0.05, 0) is 32.4 Å². The number of hydrogen-bond donors (Lipinski definition) is 1. The lowest BCUT2D eigenvalue weighted by Crippen LogP contribution is -2.19. The second-order valence-electron chi connectivity index (χ2n) is 4.06. The van der Waals surface area contributed by atoms with Crippen LogP contribution < -0.4 is 5.32 Å².